The predicted octanol–water partition coefficient (Wildman–Crippen LogP) is 8.20. The summed E-state index contributed by atoms with van der Waals surface area (Å²) in [5, 5.41) is 12.2. The monoisotopic (exact) mass is 702 g/mol. The molecule has 2 saturated heterocycles. The van der Waals surface area contributed by atoms with Gasteiger partial charge in [-0.15, -0.1) is 0 Å². The number of Topliss-reactive ketones (excluding diaryl/α,β-unsaturated/α-hetero) is 1. The SMILES string of the molecule is CN1CCN(C2=Nc3ccccc3Oc3ccc(Cl)cc32)CC1.O=C(CCCN1CCC(O)(c2ccc(Cl)cc2)CC1)c1ccc(F)cc1. The van der Waals surface area contributed by atoms with Crippen molar-refractivity contribution >= 4 is 40.5 Å². The number of carbonyl (C=O) groups excluding carboxylic acids is 1. The van der Waals surface area contributed by atoms with Crippen LogP contribution in [0.15, 0.2) is 96.0 Å². The van der Waals surface area contributed by atoms with E-state index in [2.05, 4.69) is 21.7 Å². The molecule has 7 nitrogen and oxygen atoms in total. The van der Waals surface area contributed by atoms with Crippen LogP contribution in [0.5, 0.6) is 11.5 Å². The van der Waals surface area contributed by atoms with Crippen LogP contribution in [-0.2, 0) is 5.60 Å². The Labute approximate surface area is 297 Å². The summed E-state index contributed by atoms with van der Waals surface area (Å²) in [6.45, 7) is 6.36. The van der Waals surface area contributed by atoms with Crippen molar-refractivity contribution in [3.8, 4) is 11.5 Å². The Morgan fingerprint density at radius 3 is 2.24 bits per heavy atom. The first-order valence-electron chi connectivity index (χ1n) is 16.8. The zero-order valence-corrected chi connectivity index (χ0v) is 29.1. The second kappa shape index (κ2) is 15.8. The maximum atomic E-state index is 12.9. The molecule has 3 aliphatic heterocycles. The molecule has 49 heavy (non-hydrogen) atoms. The van der Waals surface area contributed by atoms with Crippen molar-refractivity contribution in [3.05, 3.63) is 124 Å². The van der Waals surface area contributed by atoms with Crippen molar-refractivity contribution in [2.45, 2.75) is 31.3 Å². The number of carbonyl (C=O) groups is 1. The molecule has 0 atom stereocenters. The quantitative estimate of drug-likeness (QED) is 0.204. The average Bonchev–Trinajstić information content (AvgIpc) is 3.27. The molecule has 4 aromatic rings. The van der Waals surface area contributed by atoms with E-state index in [-0.39, 0.29) is 11.6 Å². The number of amidine groups is 1. The molecule has 0 amide bonds. The number of benzene rings is 4. The van der Waals surface area contributed by atoms with E-state index in [4.69, 9.17) is 32.9 Å². The molecule has 0 bridgehead atoms. The zero-order valence-electron chi connectivity index (χ0n) is 27.6. The minimum atomic E-state index is -0.801. The highest BCUT2D eigenvalue weighted by Crippen LogP contribution is 2.39. The summed E-state index contributed by atoms with van der Waals surface area (Å²) in [6.07, 6.45) is 2.54. The number of para-hydroxylation sites is 2. The molecule has 0 aliphatic carbocycles. The highest BCUT2D eigenvalue weighted by atomic mass is 35.5. The van der Waals surface area contributed by atoms with Gasteiger partial charge in [-0.05, 0) is 105 Å². The molecule has 0 spiro atoms. The largest absolute Gasteiger partial charge is 0.454 e. The molecule has 7 rings (SSSR count). The third kappa shape index (κ3) is 8.87. The number of likely N-dealkylation sites (tertiary alicyclic amines) is 1. The molecule has 2 fully saturated rings. The van der Waals surface area contributed by atoms with Gasteiger partial charge in [0.15, 0.2) is 11.5 Å². The lowest BCUT2D eigenvalue weighted by molar-refractivity contribution is -0.0260. The van der Waals surface area contributed by atoms with Gasteiger partial charge in [-0.3, -0.25) is 4.79 Å². The minimum absolute atomic E-state index is 0.0414. The highest BCUT2D eigenvalue weighted by molar-refractivity contribution is 6.31. The van der Waals surface area contributed by atoms with Gasteiger partial charge in [-0.1, -0.05) is 47.5 Å². The molecule has 1 N–H and O–H groups in total. The van der Waals surface area contributed by atoms with E-state index < -0.39 is 5.60 Å². The van der Waals surface area contributed by atoms with E-state index in [1.54, 1.807) is 0 Å². The fourth-order valence-corrected chi connectivity index (χ4v) is 6.69. The van der Waals surface area contributed by atoms with Crippen molar-refractivity contribution in [1.82, 2.24) is 14.7 Å². The van der Waals surface area contributed by atoms with E-state index in [0.717, 1.165) is 86.4 Å². The van der Waals surface area contributed by atoms with Gasteiger partial charge in [0.25, 0.3) is 0 Å². The summed E-state index contributed by atoms with van der Waals surface area (Å²) in [5.41, 5.74) is 2.48. The third-order valence-corrected chi connectivity index (χ3v) is 9.89. The molecule has 0 radical (unpaired) electrons. The van der Waals surface area contributed by atoms with Crippen molar-refractivity contribution in [2.24, 2.45) is 4.99 Å². The maximum absolute atomic E-state index is 12.9. The summed E-state index contributed by atoms with van der Waals surface area (Å²) >= 11 is 12.1. The highest BCUT2D eigenvalue weighted by Gasteiger charge is 2.33. The van der Waals surface area contributed by atoms with Crippen LogP contribution in [0.3, 0.4) is 0 Å². The van der Waals surface area contributed by atoms with E-state index in [0.29, 0.717) is 34.9 Å². The van der Waals surface area contributed by atoms with Crippen molar-refractivity contribution in [2.75, 3.05) is 52.9 Å². The van der Waals surface area contributed by atoms with Crippen LogP contribution < -0.4 is 4.74 Å². The third-order valence-electron chi connectivity index (χ3n) is 9.41. The summed E-state index contributed by atoms with van der Waals surface area (Å²) in [5.74, 6) is 2.24. The number of likely N-dealkylation sites (N-methyl/N-ethyl adjacent to an activating group) is 1. The minimum Gasteiger partial charge on any atom is -0.454 e. The molecular weight excluding hydrogens is 662 g/mol. The van der Waals surface area contributed by atoms with Gasteiger partial charge >= 0.3 is 0 Å². The Hall–Kier alpha value is -3.79. The number of piperazine rings is 1. The molecule has 0 aromatic heterocycles. The first kappa shape index (κ1) is 35.1. The lowest BCUT2D eigenvalue weighted by atomic mass is 9.84. The fourth-order valence-electron chi connectivity index (χ4n) is 6.39. The number of halogens is 3. The second-order valence-corrected chi connectivity index (χ2v) is 13.7. The van der Waals surface area contributed by atoms with Crippen LogP contribution in [0.4, 0.5) is 10.1 Å². The van der Waals surface area contributed by atoms with Crippen LogP contribution in [0.25, 0.3) is 0 Å². The van der Waals surface area contributed by atoms with Crippen LogP contribution in [0, 0.1) is 5.82 Å². The van der Waals surface area contributed by atoms with E-state index in [9.17, 15) is 14.3 Å². The number of hydrogen-bond acceptors (Lipinski definition) is 7. The number of hydrogen-bond donors (Lipinski definition) is 1. The fraction of sp³-hybridized carbons (Fsp3) is 0.333. The van der Waals surface area contributed by atoms with Gasteiger partial charge in [0.1, 0.15) is 23.1 Å². The predicted molar refractivity (Wildman–Crippen MR) is 194 cm³/mol. The molecule has 0 saturated carbocycles. The zero-order chi connectivity index (χ0) is 34.4. The Bertz CT molecular complexity index is 1770. The molecule has 0 unspecified atom stereocenters. The number of nitrogens with zero attached hydrogens (tertiary/aromatic N) is 4. The van der Waals surface area contributed by atoms with Gasteiger partial charge in [-0.25, -0.2) is 9.38 Å². The van der Waals surface area contributed by atoms with E-state index in [1.165, 1.54) is 24.3 Å². The van der Waals surface area contributed by atoms with Gasteiger partial charge in [0.2, 0.25) is 0 Å². The number of aliphatic imine (C=N–C) groups is 1. The Kier molecular flexibility index (Phi) is 11.3. The van der Waals surface area contributed by atoms with Crippen molar-refractivity contribution in [1.29, 1.82) is 0 Å². The first-order chi connectivity index (χ1) is 23.7. The van der Waals surface area contributed by atoms with Crippen LogP contribution in [0.2, 0.25) is 10.0 Å². The van der Waals surface area contributed by atoms with Crippen molar-refractivity contribution in [3.63, 3.8) is 0 Å². The Balaban J connectivity index is 0.000000171. The summed E-state index contributed by atoms with van der Waals surface area (Å²) in [7, 11) is 2.15. The van der Waals surface area contributed by atoms with Gasteiger partial charge in [0.05, 0.1) is 11.2 Å². The van der Waals surface area contributed by atoms with Crippen LogP contribution in [-0.4, -0.2) is 84.3 Å². The standard InChI is InChI=1S/C21H23ClFNO2.C18H18ClN3O/c22-18-7-5-17(6-8-18)21(26)11-14-24(15-12-21)13-1-2-20(25)16-3-9-19(23)10-4-16;1-21-8-10-22(11-9-21)18-14-12-13(19)6-7-16(14)23-17-5-3-2-4-15(17)20-18/h3-10,26H,1-2,11-15H2;2-7,12H,8-11H2,1H3. The number of ether oxygens (including phenoxy) is 1. The Morgan fingerprint density at radius 1 is 0.857 bits per heavy atom. The molecule has 256 valence electrons. The number of piperidine rings is 1. The lowest BCUT2D eigenvalue weighted by Crippen LogP contribution is -2.47. The number of fused-ring (bicyclic) bond motifs is 2. The summed E-state index contributed by atoms with van der Waals surface area (Å²) in [4.78, 5) is 24.0. The molecule has 10 heteroatoms. The molecular formula is C39H41Cl2FN4O3. The average molecular weight is 704 g/mol. The number of rotatable bonds is 6. The summed E-state index contributed by atoms with van der Waals surface area (Å²) in [6, 6.07) is 26.7. The summed E-state index contributed by atoms with van der Waals surface area (Å²) < 4.78 is 19.0. The van der Waals surface area contributed by atoms with Gasteiger partial charge in [-0.2, -0.15) is 0 Å². The molecule has 3 heterocycles. The smallest absolute Gasteiger partial charge is 0.162 e. The normalized spacial score (nSPS) is 17.4. The molecule has 4 aromatic carbocycles. The Morgan fingerprint density at radius 2 is 1.53 bits per heavy atom. The van der Waals surface area contributed by atoms with Crippen LogP contribution in [0.1, 0.15) is 47.2 Å². The number of aliphatic hydroxyl groups is 1. The lowest BCUT2D eigenvalue weighted by Gasteiger charge is -2.38. The van der Waals surface area contributed by atoms with Crippen molar-refractivity contribution < 1.29 is 19.0 Å². The van der Waals surface area contributed by atoms with Crippen LogP contribution >= 0.6 is 23.2 Å². The van der Waals surface area contributed by atoms with E-state index in [1.807, 2.05) is 66.7 Å². The second-order valence-electron chi connectivity index (χ2n) is 12.8. The van der Waals surface area contributed by atoms with Gasteiger partial charge in [0, 0.05) is 61.3 Å². The maximum Gasteiger partial charge on any atom is 0.162 e. The van der Waals surface area contributed by atoms with E-state index >= 15 is 0 Å². The first-order valence-corrected chi connectivity index (χ1v) is 17.5. The number of ketones is 1. The molecule has 3 aliphatic rings. The van der Waals surface area contributed by atoms with Gasteiger partial charge < -0.3 is 24.5 Å². The topological polar surface area (TPSA) is 68.6 Å².